The predicted molar refractivity (Wildman–Crippen MR) is 107 cm³/mol. The molecule has 3 rings (SSSR count). The van der Waals surface area contributed by atoms with Crippen LogP contribution in [0.25, 0.3) is 0 Å². The summed E-state index contributed by atoms with van der Waals surface area (Å²) in [5, 5.41) is 20.2. The first-order valence-corrected chi connectivity index (χ1v) is 9.29. The molecule has 7 nitrogen and oxygen atoms in total. The Morgan fingerprint density at radius 1 is 1.04 bits per heavy atom. The van der Waals surface area contributed by atoms with Gasteiger partial charge in [0.05, 0.1) is 0 Å². The fourth-order valence-electron chi connectivity index (χ4n) is 3.23. The van der Waals surface area contributed by atoms with Gasteiger partial charge in [0, 0.05) is 36.3 Å². The standard InChI is InChI=1S/C21H24N4O3/c22-19(23)17-7-8-18(26)16(13-17)9-10-24-20(27)14-3-5-15(6-4-14)21(28)25-11-1-2-12-25/h3-8,13,26H,1-2,9-12H2,(H3,22,23)(H,24,27). The molecular formula is C21H24N4O3. The Morgan fingerprint density at radius 2 is 1.64 bits per heavy atom. The zero-order valence-electron chi connectivity index (χ0n) is 15.6. The van der Waals surface area contributed by atoms with E-state index in [9.17, 15) is 14.7 Å². The van der Waals surface area contributed by atoms with Crippen molar-refractivity contribution in [2.24, 2.45) is 5.73 Å². The van der Waals surface area contributed by atoms with Crippen LogP contribution in [0.15, 0.2) is 42.5 Å². The number of aromatic hydroxyl groups is 1. The van der Waals surface area contributed by atoms with Crippen molar-refractivity contribution in [3.8, 4) is 5.75 Å². The number of phenols is 1. The highest BCUT2D eigenvalue weighted by Gasteiger charge is 2.19. The summed E-state index contributed by atoms with van der Waals surface area (Å²) in [6.45, 7) is 1.90. The van der Waals surface area contributed by atoms with Gasteiger partial charge >= 0.3 is 0 Å². The van der Waals surface area contributed by atoms with Crippen LogP contribution in [-0.4, -0.2) is 47.3 Å². The number of carbonyl (C=O) groups excluding carboxylic acids is 2. The van der Waals surface area contributed by atoms with Crippen molar-refractivity contribution < 1.29 is 14.7 Å². The third-order valence-electron chi connectivity index (χ3n) is 4.86. The van der Waals surface area contributed by atoms with Gasteiger partial charge in [-0.05, 0) is 67.3 Å². The SMILES string of the molecule is N=C(N)c1ccc(O)c(CCNC(=O)c2ccc(C(=O)N3CCCC3)cc2)c1. The van der Waals surface area contributed by atoms with Crippen LogP contribution in [-0.2, 0) is 6.42 Å². The van der Waals surface area contributed by atoms with Crippen molar-refractivity contribution in [3.63, 3.8) is 0 Å². The summed E-state index contributed by atoms with van der Waals surface area (Å²) >= 11 is 0. The van der Waals surface area contributed by atoms with Crippen molar-refractivity contribution in [3.05, 3.63) is 64.7 Å². The summed E-state index contributed by atoms with van der Waals surface area (Å²) in [5.41, 5.74) is 7.66. The maximum atomic E-state index is 12.3. The lowest BCUT2D eigenvalue weighted by Crippen LogP contribution is -2.28. The van der Waals surface area contributed by atoms with E-state index in [2.05, 4.69) is 5.32 Å². The zero-order valence-corrected chi connectivity index (χ0v) is 15.6. The average Bonchev–Trinajstić information content (AvgIpc) is 3.23. The van der Waals surface area contributed by atoms with E-state index in [0.29, 0.717) is 35.2 Å². The van der Waals surface area contributed by atoms with Gasteiger partial charge in [0.25, 0.3) is 11.8 Å². The third-order valence-corrected chi connectivity index (χ3v) is 4.86. The number of benzene rings is 2. The van der Waals surface area contributed by atoms with Crippen LogP contribution in [0.3, 0.4) is 0 Å². The lowest BCUT2D eigenvalue weighted by Gasteiger charge is -2.15. The van der Waals surface area contributed by atoms with Gasteiger partial charge in [0.2, 0.25) is 0 Å². The monoisotopic (exact) mass is 380 g/mol. The normalized spacial score (nSPS) is 13.4. The Morgan fingerprint density at radius 3 is 2.29 bits per heavy atom. The van der Waals surface area contributed by atoms with Gasteiger partial charge in [-0.15, -0.1) is 0 Å². The second-order valence-corrected chi connectivity index (χ2v) is 6.84. The second-order valence-electron chi connectivity index (χ2n) is 6.84. The first-order valence-electron chi connectivity index (χ1n) is 9.29. The fourth-order valence-corrected chi connectivity index (χ4v) is 3.23. The number of nitrogen functional groups attached to an aromatic ring is 1. The van der Waals surface area contributed by atoms with Gasteiger partial charge in [-0.3, -0.25) is 15.0 Å². The number of phenolic OH excluding ortho intramolecular Hbond substituents is 1. The number of rotatable bonds is 6. The molecule has 0 atom stereocenters. The van der Waals surface area contributed by atoms with Crippen LogP contribution in [0.4, 0.5) is 0 Å². The van der Waals surface area contributed by atoms with Crippen molar-refractivity contribution in [2.45, 2.75) is 19.3 Å². The Balaban J connectivity index is 1.56. The number of likely N-dealkylation sites (tertiary alicyclic amines) is 1. The fraction of sp³-hybridized carbons (Fsp3) is 0.286. The molecule has 2 aromatic carbocycles. The maximum Gasteiger partial charge on any atom is 0.253 e. The van der Waals surface area contributed by atoms with Gasteiger partial charge in [-0.25, -0.2) is 0 Å². The molecule has 0 bridgehead atoms. The van der Waals surface area contributed by atoms with E-state index < -0.39 is 0 Å². The molecule has 1 aliphatic heterocycles. The highest BCUT2D eigenvalue weighted by Crippen LogP contribution is 2.19. The summed E-state index contributed by atoms with van der Waals surface area (Å²) in [6.07, 6.45) is 2.48. The van der Waals surface area contributed by atoms with Crippen LogP contribution in [0, 0.1) is 5.41 Å². The topological polar surface area (TPSA) is 120 Å². The number of hydrogen-bond acceptors (Lipinski definition) is 4. The Bertz CT molecular complexity index is 887. The summed E-state index contributed by atoms with van der Waals surface area (Å²) < 4.78 is 0. The molecule has 1 saturated heterocycles. The van der Waals surface area contributed by atoms with Crippen molar-refractivity contribution in [1.29, 1.82) is 5.41 Å². The minimum absolute atomic E-state index is 0.00489. The molecule has 146 valence electrons. The number of nitrogens with one attached hydrogen (secondary N) is 2. The molecule has 0 spiro atoms. The van der Waals surface area contributed by atoms with Crippen molar-refractivity contribution >= 4 is 17.6 Å². The zero-order chi connectivity index (χ0) is 20.1. The number of amides is 2. The van der Waals surface area contributed by atoms with Gasteiger partial charge in [0.15, 0.2) is 0 Å². The molecule has 28 heavy (non-hydrogen) atoms. The molecule has 5 N–H and O–H groups in total. The molecule has 2 aromatic rings. The molecule has 0 saturated carbocycles. The minimum atomic E-state index is -0.248. The maximum absolute atomic E-state index is 12.3. The number of nitrogens with zero attached hydrogens (tertiary/aromatic N) is 1. The Hall–Kier alpha value is -3.35. The summed E-state index contributed by atoms with van der Waals surface area (Å²) in [4.78, 5) is 26.5. The summed E-state index contributed by atoms with van der Waals surface area (Å²) in [5.74, 6) is -0.217. The largest absolute Gasteiger partial charge is 0.508 e. The van der Waals surface area contributed by atoms with Crippen LogP contribution < -0.4 is 11.1 Å². The quantitative estimate of drug-likeness (QED) is 0.452. The lowest BCUT2D eigenvalue weighted by atomic mass is 10.1. The lowest BCUT2D eigenvalue weighted by molar-refractivity contribution is 0.0792. The Labute approximate surface area is 163 Å². The average molecular weight is 380 g/mol. The Kier molecular flexibility index (Phi) is 5.93. The molecule has 0 aliphatic carbocycles. The highest BCUT2D eigenvalue weighted by molar-refractivity contribution is 5.98. The van der Waals surface area contributed by atoms with E-state index >= 15 is 0 Å². The van der Waals surface area contributed by atoms with Crippen LogP contribution >= 0.6 is 0 Å². The van der Waals surface area contributed by atoms with E-state index in [1.165, 1.54) is 6.07 Å². The number of hydrogen-bond donors (Lipinski definition) is 4. The van der Waals surface area contributed by atoms with Crippen molar-refractivity contribution in [2.75, 3.05) is 19.6 Å². The predicted octanol–water partition coefficient (Wildman–Crippen LogP) is 1.88. The van der Waals surface area contributed by atoms with E-state index in [0.717, 1.165) is 25.9 Å². The van der Waals surface area contributed by atoms with Gasteiger partial charge in [-0.1, -0.05) is 0 Å². The molecule has 7 heteroatoms. The first-order chi connectivity index (χ1) is 13.5. The highest BCUT2D eigenvalue weighted by atomic mass is 16.3. The molecule has 0 radical (unpaired) electrons. The smallest absolute Gasteiger partial charge is 0.253 e. The first kappa shape index (κ1) is 19.4. The molecule has 2 amide bonds. The third kappa shape index (κ3) is 4.49. The van der Waals surface area contributed by atoms with Crippen LogP contribution in [0.1, 0.15) is 44.7 Å². The number of carbonyl (C=O) groups is 2. The van der Waals surface area contributed by atoms with E-state index in [1.54, 1.807) is 36.4 Å². The number of nitrogens with two attached hydrogens (primary N) is 1. The second kappa shape index (κ2) is 8.56. The van der Waals surface area contributed by atoms with E-state index in [1.807, 2.05) is 4.90 Å². The molecular weight excluding hydrogens is 356 g/mol. The summed E-state index contributed by atoms with van der Waals surface area (Å²) in [6, 6.07) is 11.4. The van der Waals surface area contributed by atoms with Gasteiger partial charge in [0.1, 0.15) is 11.6 Å². The van der Waals surface area contributed by atoms with E-state index in [4.69, 9.17) is 11.1 Å². The van der Waals surface area contributed by atoms with Gasteiger partial charge in [-0.2, -0.15) is 0 Å². The molecule has 1 heterocycles. The van der Waals surface area contributed by atoms with Crippen LogP contribution in [0.5, 0.6) is 5.75 Å². The number of amidine groups is 1. The van der Waals surface area contributed by atoms with Gasteiger partial charge < -0.3 is 21.1 Å². The molecule has 0 unspecified atom stereocenters. The van der Waals surface area contributed by atoms with Crippen molar-refractivity contribution in [1.82, 2.24) is 10.2 Å². The molecule has 1 aliphatic rings. The summed E-state index contributed by atoms with van der Waals surface area (Å²) in [7, 11) is 0. The minimum Gasteiger partial charge on any atom is -0.508 e. The molecule has 1 fully saturated rings. The van der Waals surface area contributed by atoms with E-state index in [-0.39, 0.29) is 23.4 Å². The van der Waals surface area contributed by atoms with Crippen LogP contribution in [0.2, 0.25) is 0 Å². The molecule has 0 aromatic heterocycles.